The number of piperidine rings is 1. The van der Waals surface area contributed by atoms with Gasteiger partial charge in [0.15, 0.2) is 5.78 Å². The molecule has 1 aliphatic heterocycles. The third-order valence-electron chi connectivity index (χ3n) is 3.15. The number of carbonyl (C=O) groups excluding carboxylic acids is 1. The highest BCUT2D eigenvalue weighted by molar-refractivity contribution is 5.94. The van der Waals surface area contributed by atoms with Gasteiger partial charge in [0.05, 0.1) is 6.20 Å². The minimum atomic E-state index is -0.411. The number of carbonyl (C=O) groups is 1. The van der Waals surface area contributed by atoms with Gasteiger partial charge in [-0.05, 0) is 31.9 Å². The quantitative estimate of drug-likeness (QED) is 0.819. The van der Waals surface area contributed by atoms with E-state index < -0.39 is 5.82 Å². The van der Waals surface area contributed by atoms with E-state index in [2.05, 4.69) is 17.2 Å². The first-order valence-corrected chi connectivity index (χ1v) is 6.06. The summed E-state index contributed by atoms with van der Waals surface area (Å²) in [5.41, 5.74) is 0.353. The molecule has 17 heavy (non-hydrogen) atoms. The minimum Gasteiger partial charge on any atom is -0.311 e. The molecule has 0 aromatic carbocycles. The van der Waals surface area contributed by atoms with Crippen molar-refractivity contribution >= 4 is 5.78 Å². The van der Waals surface area contributed by atoms with Crippen LogP contribution in [0.4, 0.5) is 4.39 Å². The lowest BCUT2D eigenvalue weighted by Crippen LogP contribution is -2.41. The summed E-state index contributed by atoms with van der Waals surface area (Å²) in [4.78, 5) is 15.7. The standard InChI is InChI=1S/C13H17FN2O/c1-9-3-2-4-11(16-9)7-13(17)12-6-5-10(14)8-15-12/h5-6,8-9,11,16H,2-4,7H2,1H3. The maximum Gasteiger partial charge on any atom is 0.182 e. The van der Waals surface area contributed by atoms with Gasteiger partial charge < -0.3 is 5.32 Å². The summed E-state index contributed by atoms with van der Waals surface area (Å²) in [6.45, 7) is 2.13. The Balaban J connectivity index is 1.94. The molecule has 1 fully saturated rings. The highest BCUT2D eigenvalue weighted by atomic mass is 19.1. The lowest BCUT2D eigenvalue weighted by molar-refractivity contribution is 0.0955. The summed E-state index contributed by atoms with van der Waals surface area (Å²) in [6.07, 6.45) is 4.88. The van der Waals surface area contributed by atoms with E-state index in [4.69, 9.17) is 0 Å². The van der Waals surface area contributed by atoms with Gasteiger partial charge >= 0.3 is 0 Å². The van der Waals surface area contributed by atoms with Gasteiger partial charge in [-0.3, -0.25) is 9.78 Å². The van der Waals surface area contributed by atoms with E-state index in [1.54, 1.807) is 0 Å². The van der Waals surface area contributed by atoms with Crippen molar-refractivity contribution in [1.82, 2.24) is 10.3 Å². The summed E-state index contributed by atoms with van der Waals surface area (Å²) in [7, 11) is 0. The van der Waals surface area contributed by atoms with E-state index in [1.165, 1.54) is 18.6 Å². The van der Waals surface area contributed by atoms with Crippen molar-refractivity contribution < 1.29 is 9.18 Å². The SMILES string of the molecule is CC1CCCC(CC(=O)c2ccc(F)cn2)N1. The first kappa shape index (κ1) is 12.2. The van der Waals surface area contributed by atoms with Crippen LogP contribution >= 0.6 is 0 Å². The van der Waals surface area contributed by atoms with Gasteiger partial charge in [-0.2, -0.15) is 0 Å². The first-order valence-electron chi connectivity index (χ1n) is 6.06. The van der Waals surface area contributed by atoms with Crippen LogP contribution in [0.2, 0.25) is 0 Å². The summed E-state index contributed by atoms with van der Waals surface area (Å²) in [6, 6.07) is 3.43. The van der Waals surface area contributed by atoms with Crippen molar-refractivity contribution in [1.29, 1.82) is 0 Å². The number of pyridine rings is 1. The van der Waals surface area contributed by atoms with Crippen LogP contribution in [0.5, 0.6) is 0 Å². The predicted molar refractivity (Wildman–Crippen MR) is 63.4 cm³/mol. The molecule has 0 spiro atoms. The molecule has 0 saturated carbocycles. The molecule has 4 heteroatoms. The second-order valence-corrected chi connectivity index (χ2v) is 4.68. The fraction of sp³-hybridized carbons (Fsp3) is 0.538. The number of hydrogen-bond acceptors (Lipinski definition) is 3. The zero-order chi connectivity index (χ0) is 12.3. The largest absolute Gasteiger partial charge is 0.311 e. The Kier molecular flexibility index (Phi) is 3.84. The zero-order valence-corrected chi connectivity index (χ0v) is 9.95. The van der Waals surface area contributed by atoms with Crippen molar-refractivity contribution in [2.45, 2.75) is 44.7 Å². The van der Waals surface area contributed by atoms with Crippen molar-refractivity contribution in [3.05, 3.63) is 29.8 Å². The third-order valence-corrected chi connectivity index (χ3v) is 3.15. The fourth-order valence-corrected chi connectivity index (χ4v) is 2.27. The van der Waals surface area contributed by atoms with Crippen LogP contribution in [0.1, 0.15) is 43.1 Å². The van der Waals surface area contributed by atoms with Gasteiger partial charge in [0, 0.05) is 18.5 Å². The highest BCUT2D eigenvalue weighted by Gasteiger charge is 2.21. The molecule has 2 rings (SSSR count). The number of ketones is 1. The summed E-state index contributed by atoms with van der Waals surface area (Å²) >= 11 is 0. The lowest BCUT2D eigenvalue weighted by atomic mass is 9.95. The molecule has 2 heterocycles. The predicted octanol–water partition coefficient (Wildman–Crippen LogP) is 2.32. The van der Waals surface area contributed by atoms with E-state index >= 15 is 0 Å². The van der Waals surface area contributed by atoms with Crippen LogP contribution in [0, 0.1) is 5.82 Å². The summed E-state index contributed by atoms with van der Waals surface area (Å²) in [5.74, 6) is -0.428. The van der Waals surface area contributed by atoms with Gasteiger partial charge in [-0.25, -0.2) is 4.39 Å². The molecule has 1 aromatic heterocycles. The molecule has 0 aliphatic carbocycles. The number of halogens is 1. The van der Waals surface area contributed by atoms with E-state index in [1.807, 2.05) is 0 Å². The second-order valence-electron chi connectivity index (χ2n) is 4.68. The number of hydrogen-bond donors (Lipinski definition) is 1. The highest BCUT2D eigenvalue weighted by Crippen LogP contribution is 2.16. The maximum atomic E-state index is 12.7. The maximum absolute atomic E-state index is 12.7. The van der Waals surface area contributed by atoms with Crippen molar-refractivity contribution in [2.75, 3.05) is 0 Å². The van der Waals surface area contributed by atoms with E-state index in [-0.39, 0.29) is 11.8 Å². The molecule has 0 bridgehead atoms. The molecule has 0 radical (unpaired) electrons. The molecular weight excluding hydrogens is 219 g/mol. The Bertz CT molecular complexity index is 391. The molecule has 1 aliphatic rings. The second kappa shape index (κ2) is 5.36. The first-order chi connectivity index (χ1) is 8.15. The Hall–Kier alpha value is -1.29. The Morgan fingerprint density at radius 3 is 3.00 bits per heavy atom. The van der Waals surface area contributed by atoms with E-state index in [0.717, 1.165) is 19.0 Å². The Morgan fingerprint density at radius 1 is 1.53 bits per heavy atom. The van der Waals surface area contributed by atoms with Gasteiger partial charge in [-0.1, -0.05) is 6.42 Å². The zero-order valence-electron chi connectivity index (χ0n) is 9.95. The van der Waals surface area contributed by atoms with E-state index in [0.29, 0.717) is 18.2 Å². The van der Waals surface area contributed by atoms with Crippen molar-refractivity contribution in [3.63, 3.8) is 0 Å². The normalized spacial score (nSPS) is 24.6. The molecule has 2 unspecified atom stereocenters. The fourth-order valence-electron chi connectivity index (χ4n) is 2.27. The number of Topliss-reactive ketones (excluding diaryl/α,β-unsaturated/α-hetero) is 1. The lowest BCUT2D eigenvalue weighted by Gasteiger charge is -2.28. The topological polar surface area (TPSA) is 42.0 Å². The average molecular weight is 236 g/mol. The molecule has 1 saturated heterocycles. The van der Waals surface area contributed by atoms with Crippen LogP contribution in [-0.4, -0.2) is 22.9 Å². The molecule has 0 amide bonds. The third kappa shape index (κ3) is 3.33. The van der Waals surface area contributed by atoms with Crippen LogP contribution in [0.15, 0.2) is 18.3 Å². The molecule has 1 aromatic rings. The Labute approximate surface area is 100 Å². The van der Waals surface area contributed by atoms with Gasteiger partial charge in [0.1, 0.15) is 11.5 Å². The smallest absolute Gasteiger partial charge is 0.182 e. The summed E-state index contributed by atoms with van der Waals surface area (Å²) in [5, 5.41) is 3.41. The molecule has 3 nitrogen and oxygen atoms in total. The number of rotatable bonds is 3. The summed E-state index contributed by atoms with van der Waals surface area (Å²) < 4.78 is 12.7. The number of nitrogens with zero attached hydrogens (tertiary/aromatic N) is 1. The van der Waals surface area contributed by atoms with Crippen molar-refractivity contribution in [2.24, 2.45) is 0 Å². The number of aromatic nitrogens is 1. The van der Waals surface area contributed by atoms with Gasteiger partial charge in [0.25, 0.3) is 0 Å². The molecule has 1 N–H and O–H groups in total. The molecular formula is C13H17FN2O. The van der Waals surface area contributed by atoms with Crippen LogP contribution in [0.3, 0.4) is 0 Å². The molecule has 2 atom stereocenters. The average Bonchev–Trinajstić information content (AvgIpc) is 2.29. The number of nitrogens with one attached hydrogen (secondary N) is 1. The van der Waals surface area contributed by atoms with Crippen LogP contribution in [-0.2, 0) is 0 Å². The van der Waals surface area contributed by atoms with Crippen molar-refractivity contribution in [3.8, 4) is 0 Å². The Morgan fingerprint density at radius 2 is 2.35 bits per heavy atom. The minimum absolute atomic E-state index is 0.0170. The van der Waals surface area contributed by atoms with E-state index in [9.17, 15) is 9.18 Å². The van der Waals surface area contributed by atoms with Crippen LogP contribution in [0.25, 0.3) is 0 Å². The van der Waals surface area contributed by atoms with Gasteiger partial charge in [0.2, 0.25) is 0 Å². The van der Waals surface area contributed by atoms with Crippen LogP contribution < -0.4 is 5.32 Å². The monoisotopic (exact) mass is 236 g/mol. The van der Waals surface area contributed by atoms with Gasteiger partial charge in [-0.15, -0.1) is 0 Å². The molecule has 92 valence electrons.